The van der Waals surface area contributed by atoms with E-state index in [1.165, 1.54) is 29.3 Å². The average Bonchev–Trinajstić information content (AvgIpc) is 2.73. The largest absolute Gasteiger partial charge is 0.335 e. The molecule has 4 amide bonds. The van der Waals surface area contributed by atoms with Crippen LogP contribution >= 0.6 is 23.2 Å². The molecule has 0 bridgehead atoms. The molecule has 33 heavy (non-hydrogen) atoms. The maximum Gasteiger partial charge on any atom is 0.335 e. The van der Waals surface area contributed by atoms with Gasteiger partial charge in [0.1, 0.15) is 5.57 Å². The van der Waals surface area contributed by atoms with Crippen LogP contribution in [0.2, 0.25) is 10.0 Å². The van der Waals surface area contributed by atoms with Crippen LogP contribution in [-0.2, 0) is 16.0 Å². The molecule has 166 valence electrons. The number of nitrogens with zero attached hydrogens (tertiary/aromatic N) is 1. The second-order valence-corrected chi connectivity index (χ2v) is 8.80. The van der Waals surface area contributed by atoms with E-state index < -0.39 is 17.8 Å². The van der Waals surface area contributed by atoms with Gasteiger partial charge < -0.3 is 0 Å². The van der Waals surface area contributed by atoms with Gasteiger partial charge in [-0.2, -0.15) is 0 Å². The van der Waals surface area contributed by atoms with Crippen LogP contribution in [-0.4, -0.2) is 17.8 Å². The smallest absolute Gasteiger partial charge is 0.273 e. The van der Waals surface area contributed by atoms with Gasteiger partial charge in [-0.25, -0.2) is 9.69 Å². The van der Waals surface area contributed by atoms with Crippen molar-refractivity contribution in [2.75, 3.05) is 4.90 Å². The number of amides is 4. The fourth-order valence-corrected chi connectivity index (χ4v) is 4.22. The lowest BCUT2D eigenvalue weighted by molar-refractivity contribution is -0.122. The molecule has 1 N–H and O–H groups in total. The number of imide groups is 2. The van der Waals surface area contributed by atoms with E-state index in [1.54, 1.807) is 24.3 Å². The van der Waals surface area contributed by atoms with Crippen molar-refractivity contribution < 1.29 is 14.4 Å². The number of nitrogens with one attached hydrogen (secondary N) is 1. The minimum atomic E-state index is -0.814. The van der Waals surface area contributed by atoms with E-state index in [0.717, 1.165) is 16.0 Å². The molecule has 0 spiro atoms. The van der Waals surface area contributed by atoms with Gasteiger partial charge in [0.05, 0.1) is 5.69 Å². The average molecular weight is 479 g/mol. The summed E-state index contributed by atoms with van der Waals surface area (Å²) in [5, 5.41) is 3.20. The quantitative estimate of drug-likeness (QED) is 0.376. The summed E-state index contributed by atoms with van der Waals surface area (Å²) in [5.74, 6) is -1.48. The van der Waals surface area contributed by atoms with E-state index in [9.17, 15) is 14.4 Å². The molecule has 0 atom stereocenters. The highest BCUT2D eigenvalue weighted by Crippen LogP contribution is 2.26. The summed E-state index contributed by atoms with van der Waals surface area (Å²) in [6.07, 6.45) is 2.09. The molecule has 1 aliphatic heterocycles. The van der Waals surface area contributed by atoms with Crippen molar-refractivity contribution in [2.24, 2.45) is 0 Å². The van der Waals surface area contributed by atoms with E-state index in [0.29, 0.717) is 27.7 Å². The third-order valence-corrected chi connectivity index (χ3v) is 5.85. The predicted molar refractivity (Wildman–Crippen MR) is 131 cm³/mol. The Morgan fingerprint density at radius 3 is 2.18 bits per heavy atom. The second-order valence-electron chi connectivity index (χ2n) is 7.96. The summed E-state index contributed by atoms with van der Waals surface area (Å²) in [6.45, 7) is 4.11. The first kappa shape index (κ1) is 22.8. The molecule has 0 saturated carbocycles. The van der Waals surface area contributed by atoms with Crippen LogP contribution in [0, 0.1) is 13.8 Å². The number of carbonyl (C=O) groups excluding carboxylic acids is 3. The molecular weight excluding hydrogens is 459 g/mol. The van der Waals surface area contributed by atoms with Crippen LogP contribution in [0.3, 0.4) is 0 Å². The van der Waals surface area contributed by atoms with Gasteiger partial charge in [0.15, 0.2) is 0 Å². The number of benzene rings is 3. The van der Waals surface area contributed by atoms with Crippen molar-refractivity contribution in [1.82, 2.24) is 5.32 Å². The van der Waals surface area contributed by atoms with Gasteiger partial charge in [0, 0.05) is 10.0 Å². The third-order valence-electron chi connectivity index (χ3n) is 5.25. The molecule has 1 fully saturated rings. The van der Waals surface area contributed by atoms with Gasteiger partial charge in [0.25, 0.3) is 11.8 Å². The van der Waals surface area contributed by atoms with E-state index >= 15 is 0 Å². The molecule has 0 radical (unpaired) electrons. The monoisotopic (exact) mass is 478 g/mol. The summed E-state index contributed by atoms with van der Waals surface area (Å²) in [7, 11) is 0. The SMILES string of the molecule is Cc1cc(C)cc(Cc2ccc(/C=C3\C(=O)NC(=O)N(c4ccc(Cl)cc4)C3=O)cc2Cl)c1. The highest BCUT2D eigenvalue weighted by Gasteiger charge is 2.36. The van der Waals surface area contributed by atoms with Crippen molar-refractivity contribution >= 4 is 52.8 Å². The normalized spacial score (nSPS) is 15.2. The van der Waals surface area contributed by atoms with E-state index in [4.69, 9.17) is 23.2 Å². The van der Waals surface area contributed by atoms with Crippen LogP contribution in [0.1, 0.15) is 27.8 Å². The van der Waals surface area contributed by atoms with Gasteiger partial charge in [-0.1, -0.05) is 64.7 Å². The molecule has 5 nitrogen and oxygen atoms in total. The van der Waals surface area contributed by atoms with Crippen molar-refractivity contribution in [2.45, 2.75) is 20.3 Å². The maximum absolute atomic E-state index is 13.0. The first-order valence-electron chi connectivity index (χ1n) is 10.2. The van der Waals surface area contributed by atoms with Crippen LogP contribution in [0.25, 0.3) is 6.08 Å². The zero-order chi connectivity index (χ0) is 23.7. The highest BCUT2D eigenvalue weighted by molar-refractivity contribution is 6.39. The lowest BCUT2D eigenvalue weighted by atomic mass is 9.99. The summed E-state index contributed by atoms with van der Waals surface area (Å²) in [5.41, 5.74) is 5.17. The number of urea groups is 1. The minimum absolute atomic E-state index is 0.164. The zero-order valence-corrected chi connectivity index (χ0v) is 19.5. The molecule has 3 aromatic rings. The molecule has 7 heteroatoms. The number of rotatable bonds is 4. The van der Waals surface area contributed by atoms with Gasteiger partial charge >= 0.3 is 6.03 Å². The van der Waals surface area contributed by atoms with E-state index in [-0.39, 0.29) is 5.57 Å². The molecule has 0 aromatic heterocycles. The first-order chi connectivity index (χ1) is 15.7. The molecule has 4 rings (SSSR count). The zero-order valence-electron chi connectivity index (χ0n) is 18.0. The standard InChI is InChI=1S/C26H20Cl2N2O3/c1-15-9-16(2)11-18(10-15)12-19-4-3-17(14-23(19)28)13-22-24(31)29-26(33)30(25(22)32)21-7-5-20(27)6-8-21/h3-11,13-14H,12H2,1-2H3,(H,29,31,33)/b22-13+. The topological polar surface area (TPSA) is 66.5 Å². The lowest BCUT2D eigenvalue weighted by Gasteiger charge is -2.26. The van der Waals surface area contributed by atoms with Crippen LogP contribution < -0.4 is 10.2 Å². The molecular formula is C26H20Cl2N2O3. The minimum Gasteiger partial charge on any atom is -0.273 e. The van der Waals surface area contributed by atoms with Gasteiger partial charge in [-0.3, -0.25) is 14.9 Å². The summed E-state index contributed by atoms with van der Waals surface area (Å²) < 4.78 is 0. The number of anilines is 1. The molecule has 1 saturated heterocycles. The van der Waals surface area contributed by atoms with Crippen molar-refractivity contribution in [3.63, 3.8) is 0 Å². The summed E-state index contributed by atoms with van der Waals surface area (Å²) in [4.78, 5) is 38.6. The Bertz CT molecular complexity index is 1290. The summed E-state index contributed by atoms with van der Waals surface area (Å²) in [6, 6.07) is 17.1. The Kier molecular flexibility index (Phi) is 6.36. The molecule has 3 aromatic carbocycles. The third kappa shape index (κ3) is 5.00. The van der Waals surface area contributed by atoms with E-state index in [1.807, 2.05) is 6.07 Å². The Labute approximate surface area is 201 Å². The summed E-state index contributed by atoms with van der Waals surface area (Å²) >= 11 is 12.4. The number of aryl methyl sites for hydroxylation is 2. The Morgan fingerprint density at radius 2 is 1.55 bits per heavy atom. The number of carbonyl (C=O) groups is 3. The first-order valence-corrected chi connectivity index (χ1v) is 11.0. The molecule has 1 heterocycles. The van der Waals surface area contributed by atoms with Crippen molar-refractivity contribution in [3.05, 3.63) is 104 Å². The Hall–Kier alpha value is -3.41. The number of hydrogen-bond donors (Lipinski definition) is 1. The fourth-order valence-electron chi connectivity index (χ4n) is 3.84. The molecule has 0 aliphatic carbocycles. The van der Waals surface area contributed by atoms with E-state index in [2.05, 4.69) is 37.4 Å². The molecule has 0 unspecified atom stereocenters. The molecule has 1 aliphatic rings. The fraction of sp³-hybridized carbons (Fsp3) is 0.115. The van der Waals surface area contributed by atoms with Crippen LogP contribution in [0.15, 0.2) is 66.2 Å². The van der Waals surface area contributed by atoms with Crippen LogP contribution in [0.4, 0.5) is 10.5 Å². The highest BCUT2D eigenvalue weighted by atomic mass is 35.5. The van der Waals surface area contributed by atoms with Gasteiger partial charge in [-0.15, -0.1) is 0 Å². The van der Waals surface area contributed by atoms with Gasteiger partial charge in [0.2, 0.25) is 0 Å². The Morgan fingerprint density at radius 1 is 0.879 bits per heavy atom. The van der Waals surface area contributed by atoms with Crippen molar-refractivity contribution in [1.29, 1.82) is 0 Å². The van der Waals surface area contributed by atoms with Gasteiger partial charge in [-0.05, 0) is 73.4 Å². The number of hydrogen-bond acceptors (Lipinski definition) is 3. The predicted octanol–water partition coefficient (Wildman–Crippen LogP) is 5.87. The second kappa shape index (κ2) is 9.22. The van der Waals surface area contributed by atoms with Crippen LogP contribution in [0.5, 0.6) is 0 Å². The lowest BCUT2D eigenvalue weighted by Crippen LogP contribution is -2.54. The Balaban J connectivity index is 1.62. The number of halogens is 2. The maximum atomic E-state index is 13.0. The number of barbiturate groups is 1. The van der Waals surface area contributed by atoms with Crippen molar-refractivity contribution in [3.8, 4) is 0 Å².